The Morgan fingerprint density at radius 1 is 1.17 bits per heavy atom. The van der Waals surface area contributed by atoms with Crippen molar-refractivity contribution in [3.05, 3.63) is 71.3 Å². The molecular formula is C22H24F2N2O3S. The van der Waals surface area contributed by atoms with Crippen molar-refractivity contribution in [2.24, 2.45) is 5.92 Å². The smallest absolute Gasteiger partial charge is 0.246 e. The minimum atomic E-state index is -3.62. The van der Waals surface area contributed by atoms with Crippen LogP contribution in [0.2, 0.25) is 0 Å². The Labute approximate surface area is 175 Å². The Kier molecular flexibility index (Phi) is 6.99. The van der Waals surface area contributed by atoms with Crippen LogP contribution in [-0.2, 0) is 14.8 Å². The van der Waals surface area contributed by atoms with E-state index in [1.165, 1.54) is 6.07 Å². The lowest BCUT2D eigenvalue weighted by molar-refractivity contribution is -0.127. The minimum Gasteiger partial charge on any atom is -0.339 e. The summed E-state index contributed by atoms with van der Waals surface area (Å²) in [6.45, 7) is 2.99. The summed E-state index contributed by atoms with van der Waals surface area (Å²) in [5.41, 5.74) is 0.712. The number of carbonyl (C=O) groups is 1. The van der Waals surface area contributed by atoms with Crippen LogP contribution in [-0.4, -0.2) is 38.9 Å². The summed E-state index contributed by atoms with van der Waals surface area (Å²) in [5.74, 6) is -1.87. The van der Waals surface area contributed by atoms with Gasteiger partial charge in [0.15, 0.2) is 0 Å². The van der Waals surface area contributed by atoms with Gasteiger partial charge in [-0.2, -0.15) is 0 Å². The number of nitrogens with zero attached hydrogens (tertiary/aromatic N) is 1. The Balaban J connectivity index is 1.59. The summed E-state index contributed by atoms with van der Waals surface area (Å²) in [5, 5.41) is 0. The maximum atomic E-state index is 13.7. The van der Waals surface area contributed by atoms with E-state index in [0.29, 0.717) is 13.1 Å². The van der Waals surface area contributed by atoms with Crippen molar-refractivity contribution in [1.82, 2.24) is 9.62 Å². The SMILES string of the molecule is Cc1ccc(S(=O)(=O)NCC2CCCN(C(=O)/C=C/c3c(F)cccc3F)C2)cc1. The van der Waals surface area contributed by atoms with Gasteiger partial charge in [0.25, 0.3) is 0 Å². The zero-order chi connectivity index (χ0) is 21.7. The molecule has 1 fully saturated rings. The zero-order valence-corrected chi connectivity index (χ0v) is 17.5. The molecule has 30 heavy (non-hydrogen) atoms. The highest BCUT2D eigenvalue weighted by molar-refractivity contribution is 7.89. The van der Waals surface area contributed by atoms with Gasteiger partial charge in [0, 0.05) is 31.3 Å². The number of piperidine rings is 1. The van der Waals surface area contributed by atoms with Crippen LogP contribution in [0, 0.1) is 24.5 Å². The number of rotatable bonds is 6. The first kappa shape index (κ1) is 22.1. The number of carbonyl (C=O) groups excluding carboxylic acids is 1. The predicted molar refractivity (Wildman–Crippen MR) is 111 cm³/mol. The van der Waals surface area contributed by atoms with Gasteiger partial charge in [-0.25, -0.2) is 21.9 Å². The number of hydrogen-bond donors (Lipinski definition) is 1. The molecule has 5 nitrogen and oxygen atoms in total. The third kappa shape index (κ3) is 5.52. The van der Waals surface area contributed by atoms with E-state index in [0.717, 1.165) is 42.7 Å². The predicted octanol–water partition coefficient (Wildman–Crippen LogP) is 3.50. The molecule has 0 aliphatic carbocycles. The normalized spacial score (nSPS) is 17.4. The molecule has 3 rings (SSSR count). The zero-order valence-electron chi connectivity index (χ0n) is 16.6. The molecule has 1 saturated heterocycles. The first-order valence-electron chi connectivity index (χ1n) is 9.73. The molecule has 2 aromatic rings. The molecule has 0 aromatic heterocycles. The van der Waals surface area contributed by atoms with Crippen LogP contribution in [0.25, 0.3) is 6.08 Å². The lowest BCUT2D eigenvalue weighted by atomic mass is 9.98. The second kappa shape index (κ2) is 9.49. The fourth-order valence-corrected chi connectivity index (χ4v) is 4.51. The molecule has 8 heteroatoms. The molecule has 1 N–H and O–H groups in total. The average Bonchev–Trinajstić information content (AvgIpc) is 2.72. The number of amides is 1. The number of sulfonamides is 1. The van der Waals surface area contributed by atoms with Gasteiger partial charge in [0.05, 0.1) is 4.90 Å². The van der Waals surface area contributed by atoms with Crippen molar-refractivity contribution < 1.29 is 22.0 Å². The summed E-state index contributed by atoms with van der Waals surface area (Å²) in [6, 6.07) is 10.1. The van der Waals surface area contributed by atoms with E-state index >= 15 is 0 Å². The maximum absolute atomic E-state index is 13.7. The number of aryl methyl sites for hydroxylation is 1. The number of likely N-dealkylation sites (tertiary alicyclic amines) is 1. The lowest BCUT2D eigenvalue weighted by Crippen LogP contribution is -2.43. The van der Waals surface area contributed by atoms with E-state index in [9.17, 15) is 22.0 Å². The molecular weight excluding hydrogens is 410 g/mol. The van der Waals surface area contributed by atoms with Gasteiger partial charge < -0.3 is 4.90 Å². The van der Waals surface area contributed by atoms with Gasteiger partial charge >= 0.3 is 0 Å². The Bertz CT molecular complexity index is 1020. The molecule has 1 atom stereocenters. The summed E-state index contributed by atoms with van der Waals surface area (Å²) in [6.07, 6.45) is 3.80. The van der Waals surface area contributed by atoms with Crippen LogP contribution in [0.5, 0.6) is 0 Å². The fraction of sp³-hybridized carbons (Fsp3) is 0.318. The van der Waals surface area contributed by atoms with E-state index in [2.05, 4.69) is 4.72 Å². The van der Waals surface area contributed by atoms with Crippen molar-refractivity contribution in [1.29, 1.82) is 0 Å². The highest BCUT2D eigenvalue weighted by atomic mass is 32.2. The summed E-state index contributed by atoms with van der Waals surface area (Å²) in [4.78, 5) is 14.2. The second-order valence-electron chi connectivity index (χ2n) is 7.43. The van der Waals surface area contributed by atoms with E-state index < -0.39 is 21.7 Å². The van der Waals surface area contributed by atoms with Gasteiger partial charge in [0.2, 0.25) is 15.9 Å². The van der Waals surface area contributed by atoms with Crippen molar-refractivity contribution in [2.75, 3.05) is 19.6 Å². The van der Waals surface area contributed by atoms with Crippen LogP contribution >= 0.6 is 0 Å². The number of benzene rings is 2. The molecule has 1 amide bonds. The maximum Gasteiger partial charge on any atom is 0.246 e. The Hall–Kier alpha value is -2.58. The number of halogens is 2. The minimum absolute atomic E-state index is 0.0403. The van der Waals surface area contributed by atoms with Gasteiger partial charge in [-0.05, 0) is 56.0 Å². The monoisotopic (exact) mass is 434 g/mol. The number of hydrogen-bond acceptors (Lipinski definition) is 3. The highest BCUT2D eigenvalue weighted by Crippen LogP contribution is 2.19. The second-order valence-corrected chi connectivity index (χ2v) is 9.19. The number of nitrogens with one attached hydrogen (secondary N) is 1. The Morgan fingerprint density at radius 2 is 1.83 bits per heavy atom. The van der Waals surface area contributed by atoms with Crippen molar-refractivity contribution in [2.45, 2.75) is 24.7 Å². The standard InChI is InChI=1S/C22H24F2N2O3S/c1-16-7-9-18(10-8-16)30(28,29)25-14-17-4-3-13-26(15-17)22(27)12-11-19-20(23)5-2-6-21(19)24/h2,5-12,17,25H,3-4,13-15H2,1H3/b12-11+. The summed E-state index contributed by atoms with van der Waals surface area (Å²) < 4.78 is 54.9. The third-order valence-corrected chi connectivity index (χ3v) is 6.56. The molecule has 1 aliphatic rings. The topological polar surface area (TPSA) is 66.5 Å². The molecule has 1 aliphatic heterocycles. The highest BCUT2D eigenvalue weighted by Gasteiger charge is 2.24. The largest absolute Gasteiger partial charge is 0.339 e. The van der Waals surface area contributed by atoms with Gasteiger partial charge in [-0.1, -0.05) is 23.8 Å². The van der Waals surface area contributed by atoms with Crippen LogP contribution < -0.4 is 4.72 Å². The molecule has 2 aromatic carbocycles. The van der Waals surface area contributed by atoms with Gasteiger partial charge in [-0.15, -0.1) is 0 Å². The molecule has 1 unspecified atom stereocenters. The molecule has 0 radical (unpaired) electrons. The van der Waals surface area contributed by atoms with Crippen LogP contribution in [0.3, 0.4) is 0 Å². The van der Waals surface area contributed by atoms with Crippen molar-refractivity contribution >= 4 is 22.0 Å². The van der Waals surface area contributed by atoms with Crippen LogP contribution in [0.4, 0.5) is 8.78 Å². The molecule has 160 valence electrons. The summed E-state index contributed by atoms with van der Waals surface area (Å²) >= 11 is 0. The van der Waals surface area contributed by atoms with Gasteiger partial charge in [-0.3, -0.25) is 4.79 Å². The third-order valence-electron chi connectivity index (χ3n) is 5.12. The van der Waals surface area contributed by atoms with E-state index in [1.54, 1.807) is 29.2 Å². The fourth-order valence-electron chi connectivity index (χ4n) is 3.39. The van der Waals surface area contributed by atoms with Crippen molar-refractivity contribution in [3.8, 4) is 0 Å². The van der Waals surface area contributed by atoms with Crippen molar-refractivity contribution in [3.63, 3.8) is 0 Å². The lowest BCUT2D eigenvalue weighted by Gasteiger charge is -2.32. The van der Waals surface area contributed by atoms with Gasteiger partial charge in [0.1, 0.15) is 11.6 Å². The average molecular weight is 435 g/mol. The molecule has 0 spiro atoms. The first-order chi connectivity index (χ1) is 14.3. The van der Waals surface area contributed by atoms with E-state index in [4.69, 9.17) is 0 Å². The van der Waals surface area contributed by atoms with E-state index in [1.807, 2.05) is 6.92 Å². The van der Waals surface area contributed by atoms with Crippen LogP contribution in [0.1, 0.15) is 24.0 Å². The molecule has 1 heterocycles. The first-order valence-corrected chi connectivity index (χ1v) is 11.2. The van der Waals surface area contributed by atoms with E-state index in [-0.39, 0.29) is 28.8 Å². The molecule has 0 saturated carbocycles. The summed E-state index contributed by atoms with van der Waals surface area (Å²) in [7, 11) is -3.62. The van der Waals surface area contributed by atoms with Crippen LogP contribution in [0.15, 0.2) is 53.4 Å². The Morgan fingerprint density at radius 3 is 2.50 bits per heavy atom. The quantitative estimate of drug-likeness (QED) is 0.708. The molecule has 0 bridgehead atoms.